The number of hydrogen-bond acceptors (Lipinski definition) is 8. The van der Waals surface area contributed by atoms with E-state index in [0.29, 0.717) is 3.57 Å². The van der Waals surface area contributed by atoms with Gasteiger partial charge in [0.15, 0.2) is 0 Å². The molecule has 0 bridgehead atoms. The summed E-state index contributed by atoms with van der Waals surface area (Å²) in [5.74, 6) is -4.55. The Morgan fingerprint density at radius 2 is 1.71 bits per heavy atom. The molecule has 0 amide bonds. The number of nitro groups is 1. The average Bonchev–Trinajstić information content (AvgIpc) is 2.72. The third-order valence-corrected chi connectivity index (χ3v) is 8.43. The van der Waals surface area contributed by atoms with Gasteiger partial charge in [-0.15, -0.1) is 0 Å². The number of alkyl halides is 3. The molecule has 190 valence electrons. The molecule has 2 aromatic carbocycles. The molecule has 0 saturated heterocycles. The molecule has 0 aliphatic carbocycles. The summed E-state index contributed by atoms with van der Waals surface area (Å²) in [4.78, 5) is 35.0. The largest absolute Gasteiger partial charge is 0.457 e. The van der Waals surface area contributed by atoms with Crippen LogP contribution in [0.2, 0.25) is 0 Å². The first-order valence-corrected chi connectivity index (χ1v) is 13.7. The maximum atomic E-state index is 13.0. The molecule has 2 rings (SSSR count). The minimum atomic E-state index is -5.38. The van der Waals surface area contributed by atoms with E-state index in [4.69, 9.17) is 9.29 Å². The number of ether oxygens (including phenoxy) is 2. The minimum Gasteiger partial charge on any atom is -0.457 e. The quantitative estimate of drug-likeness (QED) is 0.0993. The van der Waals surface area contributed by atoms with Gasteiger partial charge in [0.1, 0.15) is 17.9 Å². The molecule has 35 heavy (non-hydrogen) atoms. The van der Waals surface area contributed by atoms with E-state index in [9.17, 15) is 41.3 Å². The van der Waals surface area contributed by atoms with Crippen molar-refractivity contribution in [2.45, 2.75) is 18.9 Å². The predicted molar refractivity (Wildman–Crippen MR) is 138 cm³/mol. The Balaban J connectivity index is 2.26. The van der Waals surface area contributed by atoms with E-state index in [2.05, 4.69) is 4.74 Å². The van der Waals surface area contributed by atoms with Crippen LogP contribution in [0.4, 0.5) is 18.9 Å². The van der Waals surface area contributed by atoms with Crippen LogP contribution in [0.5, 0.6) is 0 Å². The van der Waals surface area contributed by atoms with E-state index >= 15 is 0 Å². The summed E-state index contributed by atoms with van der Waals surface area (Å²) in [5.41, 5.74) is -1.57. The van der Waals surface area contributed by atoms with Crippen molar-refractivity contribution in [2.24, 2.45) is 0 Å². The van der Waals surface area contributed by atoms with Crippen molar-refractivity contribution in [3.05, 3.63) is 67.8 Å². The highest BCUT2D eigenvalue weighted by molar-refractivity contribution is 14.1. The van der Waals surface area contributed by atoms with Gasteiger partial charge in [-0.1, -0.05) is 6.07 Å². The zero-order valence-corrected chi connectivity index (χ0v) is 24.0. The highest BCUT2D eigenvalue weighted by Crippen LogP contribution is 2.28. The number of carbonyl (C=O) groups excluding carboxylic acids is 2. The lowest BCUT2D eigenvalue weighted by Gasteiger charge is -2.19. The second-order valence-electron chi connectivity index (χ2n) is 6.62. The third kappa shape index (κ3) is 8.63. The van der Waals surface area contributed by atoms with Crippen molar-refractivity contribution in [1.82, 2.24) is 0 Å². The summed E-state index contributed by atoms with van der Waals surface area (Å²) in [5, 5.41) is 11.4. The van der Waals surface area contributed by atoms with Crippen molar-refractivity contribution in [2.75, 3.05) is 5.75 Å². The second kappa shape index (κ2) is 11.8. The summed E-state index contributed by atoms with van der Waals surface area (Å²) >= 11 is 6.00. The smallest absolute Gasteiger partial charge is 0.426 e. The van der Waals surface area contributed by atoms with Crippen LogP contribution in [0.25, 0.3) is 0 Å². The molecule has 0 heterocycles. The molecule has 0 aliphatic heterocycles. The molecule has 0 saturated carbocycles. The molecule has 10 nitrogen and oxygen atoms in total. The van der Waals surface area contributed by atoms with Crippen LogP contribution >= 0.6 is 67.8 Å². The first kappa shape index (κ1) is 29.9. The highest BCUT2D eigenvalue weighted by Gasteiger charge is 2.46. The van der Waals surface area contributed by atoms with Crippen molar-refractivity contribution in [3.63, 3.8) is 0 Å². The van der Waals surface area contributed by atoms with E-state index in [1.165, 1.54) is 0 Å². The van der Waals surface area contributed by atoms with E-state index in [1.807, 2.05) is 73.8 Å². The Morgan fingerprint density at radius 3 is 2.26 bits per heavy atom. The number of halogens is 6. The summed E-state index contributed by atoms with van der Waals surface area (Å²) in [7, 11) is -5.20. The molecular weight excluding hydrogens is 844 g/mol. The summed E-state index contributed by atoms with van der Waals surface area (Å²) in [6.07, 6.45) is -8.64. The Labute approximate surface area is 236 Å². The molecule has 0 aliphatic rings. The monoisotopic (exact) mass is 855 g/mol. The number of nitrogens with zero attached hydrogens (tertiary/aromatic N) is 1. The van der Waals surface area contributed by atoms with Gasteiger partial charge in [0.25, 0.3) is 15.8 Å². The van der Waals surface area contributed by atoms with Gasteiger partial charge < -0.3 is 9.47 Å². The second-order valence-corrected chi connectivity index (χ2v) is 11.6. The fourth-order valence-electron chi connectivity index (χ4n) is 2.50. The van der Waals surface area contributed by atoms with Gasteiger partial charge in [-0.05, 0) is 91.5 Å². The molecule has 0 radical (unpaired) electrons. The Morgan fingerprint density at radius 1 is 1.09 bits per heavy atom. The van der Waals surface area contributed by atoms with Crippen LogP contribution in [0.3, 0.4) is 0 Å². The van der Waals surface area contributed by atoms with Gasteiger partial charge in [0.05, 0.1) is 10.5 Å². The molecule has 0 aromatic heterocycles. The number of nitro benzene ring substituents is 1. The van der Waals surface area contributed by atoms with Crippen molar-refractivity contribution in [1.29, 1.82) is 0 Å². The molecule has 0 spiro atoms. The van der Waals surface area contributed by atoms with Crippen LogP contribution in [0, 0.1) is 20.8 Å². The Hall–Kier alpha value is -1.33. The molecule has 1 atom stereocenters. The summed E-state index contributed by atoms with van der Waals surface area (Å²) in [6, 6.07) is 6.09. The van der Waals surface area contributed by atoms with Gasteiger partial charge in [-0.2, -0.15) is 21.6 Å². The normalized spacial score (nSPS) is 12.7. The highest BCUT2D eigenvalue weighted by atomic mass is 127. The van der Waals surface area contributed by atoms with Gasteiger partial charge in [-0.3, -0.25) is 14.7 Å². The summed E-state index contributed by atoms with van der Waals surface area (Å²) < 4.78 is 80.8. The third-order valence-electron chi connectivity index (χ3n) is 4.04. The maximum absolute atomic E-state index is 13.0. The number of esters is 2. The van der Waals surface area contributed by atoms with Crippen LogP contribution in [-0.2, 0) is 26.2 Å². The molecule has 2 aromatic rings. The van der Waals surface area contributed by atoms with Crippen LogP contribution in [0.1, 0.15) is 26.3 Å². The Bertz CT molecular complexity index is 1290. The van der Waals surface area contributed by atoms with E-state index < -0.39 is 62.9 Å². The lowest BCUT2D eigenvalue weighted by Crippen LogP contribution is -2.39. The van der Waals surface area contributed by atoms with Crippen molar-refractivity contribution in [3.8, 4) is 0 Å². The number of carbonyl (C=O) groups is 2. The van der Waals surface area contributed by atoms with E-state index in [1.54, 1.807) is 6.07 Å². The lowest BCUT2D eigenvalue weighted by atomic mass is 10.1. The molecule has 1 unspecified atom stereocenters. The van der Waals surface area contributed by atoms with Crippen molar-refractivity contribution >= 4 is 95.5 Å². The number of hydrogen-bond donors (Lipinski definition) is 1. The zero-order chi connectivity index (χ0) is 26.7. The standard InChI is InChI=1S/C18H11F3I3NO9S/c19-18(20,21)14(7-35(30,31)32)34-17(27)10-2-1-8(3-13(10)25(28)29)6-33-16(26)11-4-9(22)5-12(23)15(11)24/h1-5,14H,6-7H2,(H,30,31,32). The average molecular weight is 855 g/mol. The lowest BCUT2D eigenvalue weighted by molar-refractivity contribution is -0.385. The van der Waals surface area contributed by atoms with E-state index in [-0.39, 0.29) is 11.1 Å². The van der Waals surface area contributed by atoms with Crippen LogP contribution < -0.4 is 0 Å². The van der Waals surface area contributed by atoms with Crippen LogP contribution in [0.15, 0.2) is 30.3 Å². The van der Waals surface area contributed by atoms with Gasteiger partial charge >= 0.3 is 18.1 Å². The fraction of sp³-hybridized carbons (Fsp3) is 0.222. The van der Waals surface area contributed by atoms with E-state index in [0.717, 1.165) is 25.3 Å². The first-order chi connectivity index (χ1) is 16.0. The first-order valence-electron chi connectivity index (χ1n) is 8.81. The molecule has 1 N–H and O–H groups in total. The minimum absolute atomic E-state index is 0.0437. The predicted octanol–water partition coefficient (Wildman–Crippen LogP) is 4.74. The number of benzene rings is 2. The van der Waals surface area contributed by atoms with Gasteiger partial charge in [0, 0.05) is 16.8 Å². The fourth-order valence-corrected chi connectivity index (χ4v) is 5.52. The van der Waals surface area contributed by atoms with Gasteiger partial charge in [-0.25, -0.2) is 9.59 Å². The SMILES string of the molecule is O=C(OC(CS(=O)(=O)O)C(F)(F)F)c1ccc(COC(=O)c2cc(I)cc(I)c2I)cc1[N+](=O)[O-]. The maximum Gasteiger partial charge on any atom is 0.426 e. The molecular formula is C18H11F3I3NO9S. The zero-order valence-electron chi connectivity index (χ0n) is 16.7. The molecule has 0 fully saturated rings. The number of rotatable bonds is 8. The van der Waals surface area contributed by atoms with Crippen molar-refractivity contribution < 1.29 is 50.1 Å². The topological polar surface area (TPSA) is 150 Å². The Kier molecular flexibility index (Phi) is 10.1. The van der Waals surface area contributed by atoms with Gasteiger partial charge in [0.2, 0.25) is 6.10 Å². The molecule has 17 heteroatoms. The summed E-state index contributed by atoms with van der Waals surface area (Å²) in [6.45, 7) is -0.457. The van der Waals surface area contributed by atoms with Crippen LogP contribution in [-0.4, -0.2) is 47.9 Å².